The lowest BCUT2D eigenvalue weighted by Crippen LogP contribution is -2.45. The van der Waals surface area contributed by atoms with Gasteiger partial charge >= 0.3 is 5.97 Å². The molecule has 2 atom stereocenters. The molecule has 1 saturated heterocycles. The van der Waals surface area contributed by atoms with Gasteiger partial charge in [-0.25, -0.2) is 9.78 Å². The van der Waals surface area contributed by atoms with Gasteiger partial charge in [0, 0.05) is 24.9 Å². The number of nitrogens with zero attached hydrogens (tertiary/aromatic N) is 1. The van der Waals surface area contributed by atoms with Gasteiger partial charge < -0.3 is 19.8 Å². The summed E-state index contributed by atoms with van der Waals surface area (Å²) >= 11 is 0. The van der Waals surface area contributed by atoms with Crippen LogP contribution in [0.3, 0.4) is 0 Å². The van der Waals surface area contributed by atoms with Gasteiger partial charge in [0.25, 0.3) is 0 Å². The molecule has 7 heteroatoms. The number of aromatic nitrogens is 2. The number of ether oxygens (including phenoxy) is 2. The average Bonchev–Trinajstić information content (AvgIpc) is 3.09. The summed E-state index contributed by atoms with van der Waals surface area (Å²) in [4.78, 5) is 30.4. The highest BCUT2D eigenvalue weighted by molar-refractivity contribution is 5.86. The first kappa shape index (κ1) is 13.5. The van der Waals surface area contributed by atoms with Crippen LogP contribution in [0, 0.1) is 5.92 Å². The maximum Gasteiger partial charge on any atom is 0.328 e. The minimum Gasteiger partial charge on any atom is -0.467 e. The highest BCUT2D eigenvalue weighted by Crippen LogP contribution is 2.13. The van der Waals surface area contributed by atoms with Crippen LogP contribution < -0.4 is 5.32 Å². The van der Waals surface area contributed by atoms with Crippen molar-refractivity contribution in [1.82, 2.24) is 15.3 Å². The second-order valence-corrected chi connectivity index (χ2v) is 4.43. The topological polar surface area (TPSA) is 93.3 Å². The predicted molar refractivity (Wildman–Crippen MR) is 65.2 cm³/mol. The van der Waals surface area contributed by atoms with Gasteiger partial charge in [0.05, 0.1) is 26.0 Å². The van der Waals surface area contributed by atoms with Crippen LogP contribution in [-0.2, 0) is 25.5 Å². The zero-order valence-corrected chi connectivity index (χ0v) is 10.7. The Labute approximate surface area is 110 Å². The maximum absolute atomic E-state index is 12.0. The molecule has 0 saturated carbocycles. The van der Waals surface area contributed by atoms with E-state index in [0.717, 1.165) is 5.69 Å². The Bertz CT molecular complexity index is 426. The number of amides is 1. The molecule has 1 aromatic heterocycles. The fourth-order valence-electron chi connectivity index (χ4n) is 1.98. The van der Waals surface area contributed by atoms with Crippen LogP contribution in [0.4, 0.5) is 0 Å². The highest BCUT2D eigenvalue weighted by atomic mass is 16.5. The number of nitrogens with one attached hydrogen (secondary N) is 2. The van der Waals surface area contributed by atoms with Crippen LogP contribution in [0.2, 0.25) is 0 Å². The van der Waals surface area contributed by atoms with Crippen molar-refractivity contribution in [3.63, 3.8) is 0 Å². The lowest BCUT2D eigenvalue weighted by Gasteiger charge is -2.17. The Hall–Kier alpha value is -1.89. The van der Waals surface area contributed by atoms with Crippen molar-refractivity contribution in [1.29, 1.82) is 0 Å². The van der Waals surface area contributed by atoms with Crippen LogP contribution in [-0.4, -0.2) is 48.2 Å². The molecule has 104 valence electrons. The van der Waals surface area contributed by atoms with Crippen molar-refractivity contribution in [3.8, 4) is 0 Å². The number of methoxy groups -OCH3 is 1. The zero-order chi connectivity index (χ0) is 13.7. The van der Waals surface area contributed by atoms with Gasteiger partial charge in [-0.2, -0.15) is 0 Å². The molecule has 1 aromatic rings. The number of rotatable bonds is 5. The van der Waals surface area contributed by atoms with E-state index in [2.05, 4.69) is 15.3 Å². The summed E-state index contributed by atoms with van der Waals surface area (Å²) in [5.74, 6) is -0.830. The second kappa shape index (κ2) is 6.33. The van der Waals surface area contributed by atoms with Gasteiger partial charge in [-0.15, -0.1) is 0 Å². The molecule has 0 bridgehead atoms. The van der Waals surface area contributed by atoms with Crippen LogP contribution in [0.15, 0.2) is 12.5 Å². The Morgan fingerprint density at radius 2 is 2.53 bits per heavy atom. The number of carbonyl (C=O) groups excluding carboxylic acids is 2. The third-order valence-electron chi connectivity index (χ3n) is 3.08. The number of imidazole rings is 1. The van der Waals surface area contributed by atoms with Crippen LogP contribution in [0.5, 0.6) is 0 Å². The molecule has 0 aliphatic carbocycles. The van der Waals surface area contributed by atoms with E-state index in [-0.39, 0.29) is 11.8 Å². The Kier molecular flexibility index (Phi) is 4.51. The minimum atomic E-state index is -0.710. The largest absolute Gasteiger partial charge is 0.467 e. The van der Waals surface area contributed by atoms with Crippen LogP contribution in [0.1, 0.15) is 12.1 Å². The molecule has 1 aliphatic heterocycles. The Balaban J connectivity index is 1.97. The van der Waals surface area contributed by atoms with Crippen LogP contribution >= 0.6 is 0 Å². The van der Waals surface area contributed by atoms with Gasteiger partial charge in [0.1, 0.15) is 6.04 Å². The molecular weight excluding hydrogens is 250 g/mol. The Morgan fingerprint density at radius 3 is 3.11 bits per heavy atom. The molecule has 1 aliphatic rings. The lowest BCUT2D eigenvalue weighted by atomic mass is 10.1. The third kappa shape index (κ3) is 3.54. The molecule has 2 heterocycles. The summed E-state index contributed by atoms with van der Waals surface area (Å²) < 4.78 is 9.86. The van der Waals surface area contributed by atoms with Gasteiger partial charge in [0.2, 0.25) is 5.91 Å². The van der Waals surface area contributed by atoms with Gasteiger partial charge in [-0.3, -0.25) is 4.79 Å². The molecule has 2 rings (SSSR count). The zero-order valence-electron chi connectivity index (χ0n) is 10.7. The fraction of sp³-hybridized carbons (Fsp3) is 0.583. The number of hydrogen-bond acceptors (Lipinski definition) is 5. The minimum absolute atomic E-state index is 0.174. The van der Waals surface area contributed by atoms with E-state index in [4.69, 9.17) is 9.47 Å². The normalized spacial score (nSPS) is 19.9. The van der Waals surface area contributed by atoms with E-state index < -0.39 is 12.0 Å². The molecule has 1 amide bonds. The molecular formula is C12H17N3O4. The monoisotopic (exact) mass is 267 g/mol. The third-order valence-corrected chi connectivity index (χ3v) is 3.08. The predicted octanol–water partition coefficient (Wildman–Crippen LogP) is -0.353. The molecule has 0 spiro atoms. The quantitative estimate of drug-likeness (QED) is 0.711. The highest BCUT2D eigenvalue weighted by Gasteiger charge is 2.28. The average molecular weight is 267 g/mol. The number of esters is 1. The lowest BCUT2D eigenvalue weighted by molar-refractivity contribution is -0.145. The number of H-pyrrole nitrogens is 1. The molecule has 0 radical (unpaired) electrons. The van der Waals surface area contributed by atoms with Crippen molar-refractivity contribution in [2.45, 2.75) is 18.9 Å². The molecule has 19 heavy (non-hydrogen) atoms. The standard InChI is InChI=1S/C12H17N3O4/c1-18-12(17)10(4-9-5-13-7-14-9)15-11(16)8-2-3-19-6-8/h5,7-8,10H,2-4,6H2,1H3,(H,13,14)(H,15,16)/t8?,10-/m0/s1. The van der Waals surface area contributed by atoms with Gasteiger partial charge in [-0.05, 0) is 6.42 Å². The van der Waals surface area contributed by atoms with E-state index in [1.807, 2.05) is 0 Å². The summed E-state index contributed by atoms with van der Waals surface area (Å²) in [7, 11) is 1.30. The van der Waals surface area contributed by atoms with Crippen molar-refractivity contribution in [2.75, 3.05) is 20.3 Å². The summed E-state index contributed by atoms with van der Waals surface area (Å²) in [6, 6.07) is -0.710. The Morgan fingerprint density at radius 1 is 1.68 bits per heavy atom. The SMILES string of the molecule is COC(=O)[C@H](Cc1cnc[nH]1)NC(=O)C1CCOC1. The first-order valence-electron chi connectivity index (χ1n) is 6.14. The summed E-state index contributed by atoms with van der Waals surface area (Å²) in [5, 5.41) is 2.71. The van der Waals surface area contributed by atoms with Crippen molar-refractivity contribution in [3.05, 3.63) is 18.2 Å². The first-order chi connectivity index (χ1) is 9.20. The number of hydrogen-bond donors (Lipinski definition) is 2. The van der Waals surface area contributed by atoms with Gasteiger partial charge in [-0.1, -0.05) is 0 Å². The number of aromatic amines is 1. The maximum atomic E-state index is 12.0. The summed E-state index contributed by atoms with van der Waals surface area (Å²) in [6.07, 6.45) is 4.15. The second-order valence-electron chi connectivity index (χ2n) is 4.43. The molecule has 2 N–H and O–H groups in total. The van der Waals surface area contributed by atoms with E-state index in [9.17, 15) is 9.59 Å². The van der Waals surface area contributed by atoms with E-state index in [0.29, 0.717) is 26.1 Å². The fourth-order valence-corrected chi connectivity index (χ4v) is 1.98. The number of carbonyl (C=O) groups is 2. The smallest absolute Gasteiger partial charge is 0.328 e. The van der Waals surface area contributed by atoms with Crippen molar-refractivity contribution in [2.24, 2.45) is 5.92 Å². The first-order valence-corrected chi connectivity index (χ1v) is 6.14. The summed E-state index contributed by atoms with van der Waals surface area (Å²) in [5.41, 5.74) is 0.762. The van der Waals surface area contributed by atoms with Crippen LogP contribution in [0.25, 0.3) is 0 Å². The van der Waals surface area contributed by atoms with E-state index in [1.165, 1.54) is 13.4 Å². The van der Waals surface area contributed by atoms with Gasteiger partial charge in [0.15, 0.2) is 0 Å². The van der Waals surface area contributed by atoms with Crippen molar-refractivity contribution < 1.29 is 19.1 Å². The van der Waals surface area contributed by atoms with E-state index in [1.54, 1.807) is 6.20 Å². The molecule has 1 unspecified atom stereocenters. The molecule has 0 aromatic carbocycles. The van der Waals surface area contributed by atoms with Crippen molar-refractivity contribution >= 4 is 11.9 Å². The molecule has 1 fully saturated rings. The summed E-state index contributed by atoms with van der Waals surface area (Å²) in [6.45, 7) is 0.991. The van der Waals surface area contributed by atoms with E-state index >= 15 is 0 Å². The molecule has 7 nitrogen and oxygen atoms in total.